The second-order valence-corrected chi connectivity index (χ2v) is 4.94. The molecule has 0 bridgehead atoms. The standard InChI is InChI=1S/C13H19F3N2/c1-9(2)12(3,8-17)18-11-7-5-4-6-10(11)13(14,15)16/h4-7,9,18H,8,17H2,1-3H3. The van der Waals surface area contributed by atoms with Crippen molar-refractivity contribution >= 4 is 5.69 Å². The van der Waals surface area contributed by atoms with Crippen LogP contribution in [0.15, 0.2) is 24.3 Å². The Labute approximate surface area is 105 Å². The molecule has 3 N–H and O–H groups in total. The van der Waals surface area contributed by atoms with Crippen molar-refractivity contribution in [3.8, 4) is 0 Å². The Morgan fingerprint density at radius 1 is 1.22 bits per heavy atom. The van der Waals surface area contributed by atoms with Gasteiger partial charge in [-0.05, 0) is 25.0 Å². The second kappa shape index (κ2) is 5.18. The molecule has 0 aliphatic rings. The molecule has 1 aromatic carbocycles. The van der Waals surface area contributed by atoms with Crippen LogP contribution in [0.2, 0.25) is 0 Å². The maximum absolute atomic E-state index is 12.9. The summed E-state index contributed by atoms with van der Waals surface area (Å²) in [7, 11) is 0. The van der Waals surface area contributed by atoms with Crippen LogP contribution in [-0.2, 0) is 6.18 Å². The van der Waals surface area contributed by atoms with E-state index in [1.807, 2.05) is 20.8 Å². The van der Waals surface area contributed by atoms with E-state index in [2.05, 4.69) is 5.32 Å². The van der Waals surface area contributed by atoms with Crippen molar-refractivity contribution in [2.75, 3.05) is 11.9 Å². The van der Waals surface area contributed by atoms with Crippen LogP contribution < -0.4 is 11.1 Å². The van der Waals surface area contributed by atoms with Crippen molar-refractivity contribution in [1.82, 2.24) is 0 Å². The SMILES string of the molecule is CC(C)C(C)(CN)Nc1ccccc1C(F)(F)F. The predicted molar refractivity (Wildman–Crippen MR) is 67.4 cm³/mol. The first kappa shape index (κ1) is 14.8. The van der Waals surface area contributed by atoms with Crippen LogP contribution in [0, 0.1) is 5.92 Å². The lowest BCUT2D eigenvalue weighted by molar-refractivity contribution is -0.137. The lowest BCUT2D eigenvalue weighted by Gasteiger charge is -2.35. The lowest BCUT2D eigenvalue weighted by atomic mass is 9.88. The summed E-state index contributed by atoms with van der Waals surface area (Å²) >= 11 is 0. The third-order valence-corrected chi connectivity index (χ3v) is 3.35. The Balaban J connectivity index is 3.12. The lowest BCUT2D eigenvalue weighted by Crippen LogP contribution is -2.47. The fourth-order valence-corrected chi connectivity index (χ4v) is 1.58. The van der Waals surface area contributed by atoms with Gasteiger partial charge in [0, 0.05) is 17.8 Å². The zero-order valence-corrected chi connectivity index (χ0v) is 10.8. The molecule has 1 unspecified atom stereocenters. The number of benzene rings is 1. The summed E-state index contributed by atoms with van der Waals surface area (Å²) < 4.78 is 38.6. The van der Waals surface area contributed by atoms with E-state index in [1.165, 1.54) is 12.1 Å². The Kier molecular flexibility index (Phi) is 4.27. The third kappa shape index (κ3) is 3.16. The van der Waals surface area contributed by atoms with Crippen molar-refractivity contribution < 1.29 is 13.2 Å². The minimum Gasteiger partial charge on any atom is -0.378 e. The monoisotopic (exact) mass is 260 g/mol. The summed E-state index contributed by atoms with van der Waals surface area (Å²) in [6.45, 7) is 5.94. The van der Waals surface area contributed by atoms with Gasteiger partial charge in [-0.1, -0.05) is 26.0 Å². The number of anilines is 1. The Hall–Kier alpha value is -1.23. The first-order valence-corrected chi connectivity index (χ1v) is 5.85. The first-order valence-electron chi connectivity index (χ1n) is 5.85. The Bertz CT molecular complexity index is 401. The van der Waals surface area contributed by atoms with Crippen LogP contribution in [-0.4, -0.2) is 12.1 Å². The van der Waals surface area contributed by atoms with Gasteiger partial charge in [0.1, 0.15) is 0 Å². The summed E-state index contributed by atoms with van der Waals surface area (Å²) in [6.07, 6.45) is -4.36. The molecular weight excluding hydrogens is 241 g/mol. The van der Waals surface area contributed by atoms with Crippen LogP contribution in [0.5, 0.6) is 0 Å². The van der Waals surface area contributed by atoms with Crippen LogP contribution in [0.3, 0.4) is 0 Å². The van der Waals surface area contributed by atoms with Crippen molar-refractivity contribution in [2.24, 2.45) is 11.7 Å². The van der Waals surface area contributed by atoms with Gasteiger partial charge >= 0.3 is 6.18 Å². The zero-order chi connectivity index (χ0) is 14.0. The van der Waals surface area contributed by atoms with Crippen molar-refractivity contribution in [3.63, 3.8) is 0 Å². The van der Waals surface area contributed by atoms with Gasteiger partial charge in [-0.25, -0.2) is 0 Å². The third-order valence-electron chi connectivity index (χ3n) is 3.35. The molecule has 0 aliphatic carbocycles. The molecule has 1 rings (SSSR count). The molecular formula is C13H19F3N2. The van der Waals surface area contributed by atoms with Gasteiger partial charge in [-0.2, -0.15) is 13.2 Å². The van der Waals surface area contributed by atoms with E-state index in [-0.39, 0.29) is 18.2 Å². The van der Waals surface area contributed by atoms with Gasteiger partial charge in [0.2, 0.25) is 0 Å². The molecule has 0 fully saturated rings. The highest BCUT2D eigenvalue weighted by Crippen LogP contribution is 2.36. The highest BCUT2D eigenvalue weighted by atomic mass is 19.4. The highest BCUT2D eigenvalue weighted by Gasteiger charge is 2.35. The maximum atomic E-state index is 12.9. The molecule has 5 heteroatoms. The number of hydrogen-bond acceptors (Lipinski definition) is 2. The summed E-state index contributed by atoms with van der Waals surface area (Å²) in [6, 6.07) is 5.46. The first-order chi connectivity index (χ1) is 8.20. The zero-order valence-electron chi connectivity index (χ0n) is 10.8. The van der Waals surface area contributed by atoms with E-state index < -0.39 is 17.3 Å². The number of rotatable bonds is 4. The van der Waals surface area contributed by atoms with Gasteiger partial charge in [-0.3, -0.25) is 0 Å². The second-order valence-electron chi connectivity index (χ2n) is 4.94. The molecule has 2 nitrogen and oxygen atoms in total. The molecule has 0 saturated carbocycles. The number of para-hydroxylation sites is 1. The molecule has 102 valence electrons. The molecule has 0 saturated heterocycles. The van der Waals surface area contributed by atoms with Gasteiger partial charge < -0.3 is 11.1 Å². The molecule has 18 heavy (non-hydrogen) atoms. The van der Waals surface area contributed by atoms with Crippen molar-refractivity contribution in [2.45, 2.75) is 32.5 Å². The molecule has 1 aromatic rings. The minimum atomic E-state index is -4.36. The van der Waals surface area contributed by atoms with Crippen LogP contribution in [0.4, 0.5) is 18.9 Å². The van der Waals surface area contributed by atoms with Crippen LogP contribution in [0.1, 0.15) is 26.3 Å². The van der Waals surface area contributed by atoms with Gasteiger partial charge in [-0.15, -0.1) is 0 Å². The highest BCUT2D eigenvalue weighted by molar-refractivity contribution is 5.54. The molecule has 1 atom stereocenters. The summed E-state index contributed by atoms with van der Waals surface area (Å²) in [5.74, 6) is 0.115. The van der Waals surface area contributed by atoms with Gasteiger partial charge in [0.25, 0.3) is 0 Å². The smallest absolute Gasteiger partial charge is 0.378 e. The molecule has 0 amide bonds. The van der Waals surface area contributed by atoms with Crippen LogP contribution in [0.25, 0.3) is 0 Å². The number of halogens is 3. The average Bonchev–Trinajstić information content (AvgIpc) is 2.28. The van der Waals surface area contributed by atoms with Crippen LogP contribution >= 0.6 is 0 Å². The average molecular weight is 260 g/mol. The number of nitrogens with one attached hydrogen (secondary N) is 1. The maximum Gasteiger partial charge on any atom is 0.418 e. The fraction of sp³-hybridized carbons (Fsp3) is 0.538. The van der Waals surface area contributed by atoms with E-state index in [9.17, 15) is 13.2 Å². The Morgan fingerprint density at radius 2 is 1.78 bits per heavy atom. The summed E-state index contributed by atoms with van der Waals surface area (Å²) in [5, 5.41) is 2.93. The number of nitrogens with two attached hydrogens (primary N) is 1. The molecule has 0 aromatic heterocycles. The van der Waals surface area contributed by atoms with Crippen molar-refractivity contribution in [3.05, 3.63) is 29.8 Å². The van der Waals surface area contributed by atoms with E-state index in [0.29, 0.717) is 0 Å². The number of hydrogen-bond donors (Lipinski definition) is 2. The van der Waals surface area contributed by atoms with Crippen molar-refractivity contribution in [1.29, 1.82) is 0 Å². The Morgan fingerprint density at radius 3 is 2.22 bits per heavy atom. The van der Waals surface area contributed by atoms with Gasteiger partial charge in [0.05, 0.1) is 5.56 Å². The normalized spacial score (nSPS) is 15.6. The predicted octanol–water partition coefficient (Wildman–Crippen LogP) is 3.49. The summed E-state index contributed by atoms with van der Waals surface area (Å²) in [5.41, 5.74) is 4.52. The van der Waals surface area contributed by atoms with E-state index in [1.54, 1.807) is 6.07 Å². The molecule has 0 spiro atoms. The fourth-order valence-electron chi connectivity index (χ4n) is 1.58. The quantitative estimate of drug-likeness (QED) is 0.869. The minimum absolute atomic E-state index is 0.0756. The molecule has 0 aliphatic heterocycles. The molecule has 0 radical (unpaired) electrons. The van der Waals surface area contributed by atoms with E-state index >= 15 is 0 Å². The van der Waals surface area contributed by atoms with E-state index in [0.717, 1.165) is 6.07 Å². The molecule has 0 heterocycles. The largest absolute Gasteiger partial charge is 0.418 e. The number of alkyl halides is 3. The van der Waals surface area contributed by atoms with E-state index in [4.69, 9.17) is 5.73 Å². The summed E-state index contributed by atoms with van der Waals surface area (Å²) in [4.78, 5) is 0. The topological polar surface area (TPSA) is 38.0 Å². The van der Waals surface area contributed by atoms with Gasteiger partial charge in [0.15, 0.2) is 0 Å².